The fourth-order valence-electron chi connectivity index (χ4n) is 8.26. The van der Waals surface area contributed by atoms with E-state index >= 15 is 0 Å². The normalized spacial score (nSPS) is 27.9. The number of nitrogens with zero attached hydrogens (tertiary/aromatic N) is 1. The smallest absolute Gasteiger partial charge is 0.416 e. The summed E-state index contributed by atoms with van der Waals surface area (Å²) in [5.74, 6) is -2.47. The SMILES string of the molecule is Cc1ccccc1COc1ccc(Cl)cc1[C@H]1c2sc(=O)[nH]c2SC2C3CC(C4C(=O)N(c5cccc(C(F)(F)F)c5)C(=O)C34)C21. The number of aromatic nitrogens is 1. The van der Waals surface area contributed by atoms with Gasteiger partial charge in [-0.2, -0.15) is 13.2 Å². The van der Waals surface area contributed by atoms with Crippen molar-refractivity contribution in [1.82, 2.24) is 4.98 Å². The van der Waals surface area contributed by atoms with Crippen LogP contribution in [0.2, 0.25) is 5.02 Å². The third kappa shape index (κ3) is 4.57. The van der Waals surface area contributed by atoms with Gasteiger partial charge in [0.25, 0.3) is 0 Å². The lowest BCUT2D eigenvalue weighted by Crippen LogP contribution is -2.42. The second-order valence-corrected chi connectivity index (χ2v) is 15.1. The number of aryl methyl sites for hydroxylation is 1. The minimum absolute atomic E-state index is 0.0593. The predicted molar refractivity (Wildman–Crippen MR) is 169 cm³/mol. The minimum Gasteiger partial charge on any atom is -0.489 e. The van der Waals surface area contributed by atoms with Gasteiger partial charge in [0.15, 0.2) is 0 Å². The number of alkyl halides is 3. The Labute approximate surface area is 274 Å². The van der Waals surface area contributed by atoms with Gasteiger partial charge in [0.1, 0.15) is 12.4 Å². The number of rotatable bonds is 5. The van der Waals surface area contributed by atoms with E-state index in [1.807, 2.05) is 43.3 Å². The van der Waals surface area contributed by atoms with Crippen molar-refractivity contribution in [2.75, 3.05) is 4.90 Å². The van der Waals surface area contributed by atoms with E-state index in [1.165, 1.54) is 23.9 Å². The third-order valence-electron chi connectivity index (χ3n) is 10.1. The van der Waals surface area contributed by atoms with Gasteiger partial charge in [-0.15, -0.1) is 11.8 Å². The maximum atomic E-state index is 14.0. The number of imide groups is 1. The number of hydrogen-bond acceptors (Lipinski definition) is 6. The summed E-state index contributed by atoms with van der Waals surface area (Å²) in [4.78, 5) is 45.3. The first-order valence-electron chi connectivity index (χ1n) is 14.9. The van der Waals surface area contributed by atoms with Gasteiger partial charge in [-0.1, -0.05) is 53.3 Å². The molecule has 6 unspecified atom stereocenters. The second kappa shape index (κ2) is 10.7. The standard InChI is InChI=1S/C34H26ClF3N2O4S2/c1-15-5-2-3-6-16(15)14-44-23-10-9-18(35)12-20(23)24-25-21-13-22(28(25)45-30-29(24)46-33(43)39-30)27-26(21)31(41)40(32(27)42)19-8-4-7-17(11-19)34(36,37)38/h2-12,21-22,24-28H,13-14H2,1H3,(H,39,43)/t21?,22?,24-,25?,26?,27?,28?/m1/s1. The Balaban J connectivity index is 1.19. The summed E-state index contributed by atoms with van der Waals surface area (Å²) in [5.41, 5.74) is 1.95. The van der Waals surface area contributed by atoms with E-state index < -0.39 is 35.4 Å². The number of benzene rings is 3. The van der Waals surface area contributed by atoms with Crippen LogP contribution < -0.4 is 14.5 Å². The van der Waals surface area contributed by atoms with Crippen molar-refractivity contribution in [3.63, 3.8) is 0 Å². The van der Waals surface area contributed by atoms with Crippen LogP contribution >= 0.6 is 34.7 Å². The lowest BCUT2D eigenvalue weighted by molar-refractivity contribution is -0.137. The summed E-state index contributed by atoms with van der Waals surface area (Å²) in [7, 11) is 0. The number of thiazole rings is 1. The molecule has 7 atom stereocenters. The topological polar surface area (TPSA) is 79.5 Å². The van der Waals surface area contributed by atoms with Gasteiger partial charge >= 0.3 is 11.0 Å². The highest BCUT2D eigenvalue weighted by Gasteiger charge is 2.70. The van der Waals surface area contributed by atoms with E-state index in [2.05, 4.69) is 4.98 Å². The van der Waals surface area contributed by atoms with Gasteiger partial charge < -0.3 is 9.72 Å². The molecular weight excluding hydrogens is 657 g/mol. The molecule has 0 radical (unpaired) electrons. The van der Waals surface area contributed by atoms with Crippen molar-refractivity contribution < 1.29 is 27.5 Å². The van der Waals surface area contributed by atoms with E-state index in [0.717, 1.165) is 55.0 Å². The van der Waals surface area contributed by atoms with Crippen LogP contribution in [0.3, 0.4) is 0 Å². The van der Waals surface area contributed by atoms with Crippen LogP contribution in [0.25, 0.3) is 0 Å². The molecule has 2 aliphatic heterocycles. The molecule has 12 heteroatoms. The Hall–Kier alpha value is -3.54. The van der Waals surface area contributed by atoms with Gasteiger partial charge in [0.2, 0.25) is 11.8 Å². The molecule has 2 aliphatic carbocycles. The molecule has 236 valence electrons. The zero-order valence-corrected chi connectivity index (χ0v) is 26.6. The van der Waals surface area contributed by atoms with Gasteiger partial charge in [0.05, 0.1) is 28.1 Å². The highest BCUT2D eigenvalue weighted by atomic mass is 35.5. The lowest BCUT2D eigenvalue weighted by atomic mass is 9.68. The molecule has 3 aromatic carbocycles. The Morgan fingerprint density at radius 3 is 2.50 bits per heavy atom. The van der Waals surface area contributed by atoms with E-state index in [9.17, 15) is 27.6 Å². The quantitative estimate of drug-likeness (QED) is 0.219. The minimum atomic E-state index is -4.61. The average molecular weight is 683 g/mol. The fraction of sp³-hybridized carbons (Fsp3) is 0.324. The molecule has 3 heterocycles. The maximum absolute atomic E-state index is 14.0. The number of ether oxygens (including phenoxy) is 1. The molecule has 4 aromatic rings. The Morgan fingerprint density at radius 2 is 1.74 bits per heavy atom. The summed E-state index contributed by atoms with van der Waals surface area (Å²) < 4.78 is 47.1. The first kappa shape index (κ1) is 29.8. The zero-order valence-electron chi connectivity index (χ0n) is 24.2. The number of nitrogens with one attached hydrogen (secondary N) is 1. The number of aromatic amines is 1. The van der Waals surface area contributed by atoms with Crippen LogP contribution in [0, 0.1) is 36.5 Å². The van der Waals surface area contributed by atoms with Crippen molar-refractivity contribution >= 4 is 52.2 Å². The van der Waals surface area contributed by atoms with E-state index in [4.69, 9.17) is 16.3 Å². The number of amides is 2. The molecule has 6 nitrogen and oxygen atoms in total. The summed E-state index contributed by atoms with van der Waals surface area (Å²) in [6, 6.07) is 17.8. The molecule has 2 bridgehead atoms. The summed E-state index contributed by atoms with van der Waals surface area (Å²) >= 11 is 9.25. The van der Waals surface area contributed by atoms with Crippen molar-refractivity contribution in [2.45, 2.75) is 42.3 Å². The van der Waals surface area contributed by atoms with Crippen LogP contribution in [-0.4, -0.2) is 22.0 Å². The molecule has 2 saturated carbocycles. The van der Waals surface area contributed by atoms with Crippen LogP contribution in [0.5, 0.6) is 5.75 Å². The number of hydrogen-bond donors (Lipinski definition) is 1. The van der Waals surface area contributed by atoms with E-state index in [-0.39, 0.29) is 39.5 Å². The summed E-state index contributed by atoms with van der Waals surface area (Å²) in [6.45, 7) is 2.34. The maximum Gasteiger partial charge on any atom is 0.416 e. The summed E-state index contributed by atoms with van der Waals surface area (Å²) in [6.07, 6.45) is -3.97. The van der Waals surface area contributed by atoms with Crippen LogP contribution in [0.15, 0.2) is 76.6 Å². The fourth-order valence-corrected chi connectivity index (χ4v) is 11.3. The molecule has 1 aromatic heterocycles. The Kier molecular flexibility index (Phi) is 6.97. The zero-order chi connectivity index (χ0) is 32.1. The number of anilines is 1. The van der Waals surface area contributed by atoms with Gasteiger partial charge in [-0.25, -0.2) is 0 Å². The first-order chi connectivity index (χ1) is 22.0. The van der Waals surface area contributed by atoms with E-state index in [0.29, 0.717) is 23.8 Å². The van der Waals surface area contributed by atoms with Gasteiger partial charge in [-0.3, -0.25) is 19.3 Å². The molecule has 1 N–H and O–H groups in total. The van der Waals surface area contributed by atoms with Crippen molar-refractivity contribution in [3.05, 3.63) is 109 Å². The number of H-pyrrole nitrogens is 1. The van der Waals surface area contributed by atoms with Gasteiger partial charge in [0, 0.05) is 26.6 Å². The average Bonchev–Trinajstić information content (AvgIpc) is 3.75. The molecule has 46 heavy (non-hydrogen) atoms. The van der Waals surface area contributed by atoms with Crippen LogP contribution in [0.1, 0.15) is 39.5 Å². The molecule has 3 fully saturated rings. The lowest BCUT2D eigenvalue weighted by Gasteiger charge is -2.43. The molecule has 4 aliphatic rings. The van der Waals surface area contributed by atoms with Gasteiger partial charge in [-0.05, 0) is 78.6 Å². The second-order valence-electron chi connectivity index (χ2n) is 12.4. The van der Waals surface area contributed by atoms with Crippen molar-refractivity contribution in [1.29, 1.82) is 0 Å². The monoisotopic (exact) mass is 682 g/mol. The molecule has 0 spiro atoms. The van der Waals surface area contributed by atoms with Crippen LogP contribution in [0.4, 0.5) is 18.9 Å². The highest BCUT2D eigenvalue weighted by molar-refractivity contribution is 8.00. The third-order valence-corrected chi connectivity index (χ3v) is 12.9. The van der Waals surface area contributed by atoms with Crippen molar-refractivity contribution in [2.24, 2.45) is 29.6 Å². The molecule has 1 saturated heterocycles. The number of carbonyl (C=O) groups is 2. The summed E-state index contributed by atoms with van der Waals surface area (Å²) in [5, 5.41) is 1.14. The Morgan fingerprint density at radius 1 is 0.978 bits per heavy atom. The number of fused-ring (bicyclic) bond motifs is 9. The number of halogens is 4. The predicted octanol–water partition coefficient (Wildman–Crippen LogP) is 7.67. The molecule has 8 rings (SSSR count). The van der Waals surface area contributed by atoms with Crippen molar-refractivity contribution in [3.8, 4) is 5.75 Å². The number of carbonyl (C=O) groups excluding carboxylic acids is 2. The van der Waals surface area contributed by atoms with E-state index in [1.54, 1.807) is 6.07 Å². The largest absolute Gasteiger partial charge is 0.489 e. The first-order valence-corrected chi connectivity index (χ1v) is 17.0. The highest BCUT2D eigenvalue weighted by Crippen LogP contribution is 2.69. The van der Waals surface area contributed by atoms with Crippen LogP contribution in [-0.2, 0) is 22.4 Å². The molecular formula is C34H26ClF3N2O4S2. The molecule has 2 amide bonds. The Bertz CT molecular complexity index is 1980. The number of thioether (sulfide) groups is 1.